The zero-order valence-corrected chi connectivity index (χ0v) is 8.07. The monoisotopic (exact) mass is 182 g/mol. The van der Waals surface area contributed by atoms with E-state index in [1.807, 2.05) is 21.0 Å². The van der Waals surface area contributed by atoms with Crippen LogP contribution in [0.3, 0.4) is 0 Å². The molecular formula is C7H14N6. The van der Waals surface area contributed by atoms with Crippen LogP contribution >= 0.6 is 0 Å². The van der Waals surface area contributed by atoms with Gasteiger partial charge in [0.15, 0.2) is 0 Å². The van der Waals surface area contributed by atoms with Gasteiger partial charge in [0.2, 0.25) is 17.8 Å². The lowest BCUT2D eigenvalue weighted by atomic mass is 10.7. The van der Waals surface area contributed by atoms with E-state index in [1.54, 1.807) is 4.90 Å². The Bertz CT molecular complexity index is 284. The average Bonchev–Trinajstić information content (AvgIpc) is 2.03. The molecule has 13 heavy (non-hydrogen) atoms. The number of nitrogen functional groups attached to an aromatic ring is 1. The van der Waals surface area contributed by atoms with Gasteiger partial charge in [0.1, 0.15) is 0 Å². The Kier molecular flexibility index (Phi) is 2.84. The number of hydrogen-bond donors (Lipinski definition) is 2. The number of hydrogen-bond acceptors (Lipinski definition) is 6. The topological polar surface area (TPSA) is 80.0 Å². The van der Waals surface area contributed by atoms with Crippen molar-refractivity contribution >= 4 is 17.8 Å². The van der Waals surface area contributed by atoms with Gasteiger partial charge in [-0.25, -0.2) is 0 Å². The van der Waals surface area contributed by atoms with E-state index in [0.29, 0.717) is 11.9 Å². The molecule has 1 aromatic rings. The van der Waals surface area contributed by atoms with Gasteiger partial charge in [0.25, 0.3) is 0 Å². The lowest BCUT2D eigenvalue weighted by Gasteiger charge is -2.11. The summed E-state index contributed by atoms with van der Waals surface area (Å²) in [4.78, 5) is 13.8. The van der Waals surface area contributed by atoms with Gasteiger partial charge >= 0.3 is 0 Å². The number of anilines is 3. The quantitative estimate of drug-likeness (QED) is 0.682. The van der Waals surface area contributed by atoms with E-state index in [1.165, 1.54) is 0 Å². The molecule has 3 N–H and O–H groups in total. The molecule has 6 nitrogen and oxygen atoms in total. The summed E-state index contributed by atoms with van der Waals surface area (Å²) in [6.07, 6.45) is 0. The highest BCUT2D eigenvalue weighted by Gasteiger charge is 2.04. The Morgan fingerprint density at radius 2 is 2.00 bits per heavy atom. The van der Waals surface area contributed by atoms with Gasteiger partial charge in [-0.05, 0) is 6.92 Å². The molecule has 0 spiro atoms. The SMILES string of the molecule is CCNc1nc(N)nc(N(C)C)n1. The molecule has 0 fully saturated rings. The second-order valence-corrected chi connectivity index (χ2v) is 2.74. The lowest BCUT2D eigenvalue weighted by Crippen LogP contribution is -2.16. The largest absolute Gasteiger partial charge is 0.368 e. The van der Waals surface area contributed by atoms with Crippen LogP contribution in [0.15, 0.2) is 0 Å². The molecule has 1 aromatic heterocycles. The molecule has 1 heterocycles. The maximum absolute atomic E-state index is 5.50. The molecule has 0 saturated heterocycles. The van der Waals surface area contributed by atoms with Crippen LogP contribution in [0.2, 0.25) is 0 Å². The molecule has 0 atom stereocenters. The third-order valence-corrected chi connectivity index (χ3v) is 1.38. The van der Waals surface area contributed by atoms with Crippen molar-refractivity contribution in [1.29, 1.82) is 0 Å². The van der Waals surface area contributed by atoms with Crippen LogP contribution in [0.4, 0.5) is 17.8 Å². The predicted molar refractivity (Wildman–Crippen MR) is 52.7 cm³/mol. The van der Waals surface area contributed by atoms with Crippen molar-refractivity contribution in [2.45, 2.75) is 6.92 Å². The molecule has 0 aliphatic rings. The van der Waals surface area contributed by atoms with Crippen molar-refractivity contribution in [3.05, 3.63) is 0 Å². The molecule has 0 radical (unpaired) electrons. The van der Waals surface area contributed by atoms with Crippen molar-refractivity contribution in [2.75, 3.05) is 36.6 Å². The molecule has 0 aliphatic carbocycles. The van der Waals surface area contributed by atoms with E-state index in [-0.39, 0.29) is 5.95 Å². The zero-order chi connectivity index (χ0) is 9.84. The van der Waals surface area contributed by atoms with Crippen LogP contribution in [0.1, 0.15) is 6.92 Å². The van der Waals surface area contributed by atoms with E-state index in [0.717, 1.165) is 6.54 Å². The molecule has 1 rings (SSSR count). The smallest absolute Gasteiger partial charge is 0.231 e. The van der Waals surface area contributed by atoms with E-state index >= 15 is 0 Å². The molecule has 0 aromatic carbocycles. The van der Waals surface area contributed by atoms with Gasteiger partial charge in [-0.15, -0.1) is 0 Å². The summed E-state index contributed by atoms with van der Waals surface area (Å²) in [6.45, 7) is 2.73. The van der Waals surface area contributed by atoms with Crippen LogP contribution in [0, 0.1) is 0 Å². The van der Waals surface area contributed by atoms with E-state index in [4.69, 9.17) is 5.73 Å². The number of nitrogens with two attached hydrogens (primary N) is 1. The summed E-state index contributed by atoms with van der Waals surface area (Å²) in [6, 6.07) is 0. The molecule has 0 unspecified atom stereocenters. The zero-order valence-electron chi connectivity index (χ0n) is 8.07. The standard InChI is InChI=1S/C7H14N6/c1-4-9-6-10-5(8)11-7(12-6)13(2)3/h4H2,1-3H3,(H3,8,9,10,11,12). The highest BCUT2D eigenvalue weighted by atomic mass is 15.3. The third kappa shape index (κ3) is 2.43. The average molecular weight is 182 g/mol. The van der Waals surface area contributed by atoms with Crippen molar-refractivity contribution in [3.8, 4) is 0 Å². The first kappa shape index (κ1) is 9.50. The number of nitrogens with zero attached hydrogens (tertiary/aromatic N) is 4. The van der Waals surface area contributed by atoms with Crippen LogP contribution in [-0.2, 0) is 0 Å². The first-order valence-corrected chi connectivity index (χ1v) is 4.06. The fourth-order valence-corrected chi connectivity index (χ4v) is 0.818. The summed E-state index contributed by atoms with van der Waals surface area (Å²) >= 11 is 0. The maximum atomic E-state index is 5.50. The Hall–Kier alpha value is -1.59. The Labute approximate surface area is 77.2 Å². The first-order valence-electron chi connectivity index (χ1n) is 4.06. The fraction of sp³-hybridized carbons (Fsp3) is 0.571. The van der Waals surface area contributed by atoms with Crippen molar-refractivity contribution in [3.63, 3.8) is 0 Å². The minimum atomic E-state index is 0.231. The van der Waals surface area contributed by atoms with Gasteiger partial charge in [-0.3, -0.25) is 0 Å². The van der Waals surface area contributed by atoms with Crippen molar-refractivity contribution in [2.24, 2.45) is 0 Å². The molecule has 0 amide bonds. The van der Waals surface area contributed by atoms with Crippen LogP contribution in [0.5, 0.6) is 0 Å². The van der Waals surface area contributed by atoms with Crippen LogP contribution in [0.25, 0.3) is 0 Å². The van der Waals surface area contributed by atoms with Gasteiger partial charge in [0, 0.05) is 20.6 Å². The summed E-state index contributed by atoms with van der Waals surface area (Å²) in [5.74, 6) is 1.30. The maximum Gasteiger partial charge on any atom is 0.231 e. The Balaban J connectivity index is 2.96. The van der Waals surface area contributed by atoms with Crippen molar-refractivity contribution in [1.82, 2.24) is 15.0 Å². The normalized spacial score (nSPS) is 9.77. The molecule has 72 valence electrons. The molecule has 6 heteroatoms. The lowest BCUT2D eigenvalue weighted by molar-refractivity contribution is 0.956. The summed E-state index contributed by atoms with van der Waals surface area (Å²) in [7, 11) is 3.70. The summed E-state index contributed by atoms with van der Waals surface area (Å²) in [5, 5.41) is 2.97. The summed E-state index contributed by atoms with van der Waals surface area (Å²) in [5.41, 5.74) is 5.50. The van der Waals surface area contributed by atoms with Crippen LogP contribution in [-0.4, -0.2) is 35.6 Å². The Morgan fingerprint density at radius 3 is 2.54 bits per heavy atom. The number of aromatic nitrogens is 3. The molecule has 0 saturated carbocycles. The Morgan fingerprint density at radius 1 is 1.31 bits per heavy atom. The number of rotatable bonds is 3. The van der Waals surface area contributed by atoms with E-state index in [2.05, 4.69) is 20.3 Å². The van der Waals surface area contributed by atoms with Gasteiger partial charge < -0.3 is 16.0 Å². The fourth-order valence-electron chi connectivity index (χ4n) is 0.818. The highest BCUT2D eigenvalue weighted by molar-refractivity contribution is 5.40. The van der Waals surface area contributed by atoms with E-state index < -0.39 is 0 Å². The second-order valence-electron chi connectivity index (χ2n) is 2.74. The molecule has 0 bridgehead atoms. The second kappa shape index (κ2) is 3.88. The van der Waals surface area contributed by atoms with E-state index in [9.17, 15) is 0 Å². The molecular weight excluding hydrogens is 168 g/mol. The summed E-state index contributed by atoms with van der Waals surface area (Å²) < 4.78 is 0. The van der Waals surface area contributed by atoms with Gasteiger partial charge in [0.05, 0.1) is 0 Å². The molecule has 0 aliphatic heterocycles. The van der Waals surface area contributed by atoms with Gasteiger partial charge in [-0.1, -0.05) is 0 Å². The van der Waals surface area contributed by atoms with Crippen molar-refractivity contribution < 1.29 is 0 Å². The third-order valence-electron chi connectivity index (χ3n) is 1.38. The number of nitrogens with one attached hydrogen (secondary N) is 1. The van der Waals surface area contributed by atoms with Crippen LogP contribution < -0.4 is 16.0 Å². The van der Waals surface area contributed by atoms with Gasteiger partial charge in [-0.2, -0.15) is 15.0 Å². The predicted octanol–water partition coefficient (Wildman–Crippen LogP) is -0.0484. The minimum absolute atomic E-state index is 0.231. The highest BCUT2D eigenvalue weighted by Crippen LogP contribution is 2.08. The minimum Gasteiger partial charge on any atom is -0.368 e. The first-order chi connectivity index (χ1) is 6.13.